The van der Waals surface area contributed by atoms with Crippen molar-refractivity contribution in [1.29, 1.82) is 0 Å². The molecule has 0 radical (unpaired) electrons. The van der Waals surface area contributed by atoms with Crippen LogP contribution in [0.25, 0.3) is 72.4 Å². The molecule has 0 N–H and O–H groups in total. The second-order valence-corrected chi connectivity index (χ2v) is 9.08. The minimum Gasteiger partial charge on any atom is -0.306 e. The Bertz CT molecular complexity index is 2020. The number of rotatable bonds is 3. The molecule has 6 nitrogen and oxygen atoms in total. The zero-order chi connectivity index (χ0) is 24.3. The van der Waals surface area contributed by atoms with Crippen LogP contribution in [0.1, 0.15) is 0 Å². The van der Waals surface area contributed by atoms with E-state index in [9.17, 15) is 0 Å². The highest BCUT2D eigenvalue weighted by molar-refractivity contribution is 6.21. The number of hydrogen-bond acceptors (Lipinski definition) is 5. The monoisotopic (exact) mass is 474 g/mol. The lowest BCUT2D eigenvalue weighted by Crippen LogP contribution is -2.00. The molecule has 0 bridgehead atoms. The number of fused-ring (bicyclic) bond motifs is 6. The van der Waals surface area contributed by atoms with Crippen LogP contribution in [0.3, 0.4) is 0 Å². The van der Waals surface area contributed by atoms with Crippen molar-refractivity contribution in [3.8, 4) is 34.2 Å². The summed E-state index contributed by atoms with van der Waals surface area (Å²) in [5.74, 6) is 1.91. The summed E-state index contributed by atoms with van der Waals surface area (Å²) in [6, 6.07) is 34.8. The van der Waals surface area contributed by atoms with E-state index < -0.39 is 0 Å². The Morgan fingerprint density at radius 1 is 0.486 bits per heavy atom. The fraction of sp³-hybridized carbons (Fsp3) is 0. The van der Waals surface area contributed by atoms with Crippen LogP contribution in [0.2, 0.25) is 0 Å². The molecule has 4 heterocycles. The molecule has 0 amide bonds. The van der Waals surface area contributed by atoms with E-state index >= 15 is 0 Å². The fourth-order valence-electron chi connectivity index (χ4n) is 5.25. The first-order valence-corrected chi connectivity index (χ1v) is 12.1. The van der Waals surface area contributed by atoms with Crippen molar-refractivity contribution >= 4 is 38.2 Å². The maximum absolute atomic E-state index is 4.90. The van der Waals surface area contributed by atoms with Gasteiger partial charge >= 0.3 is 0 Å². The van der Waals surface area contributed by atoms with Gasteiger partial charge in [-0.2, -0.15) is 5.10 Å². The van der Waals surface area contributed by atoms with E-state index in [-0.39, 0.29) is 0 Å². The molecule has 0 fully saturated rings. The molecule has 8 aromatic rings. The molecule has 0 aliphatic carbocycles. The van der Waals surface area contributed by atoms with Crippen molar-refractivity contribution in [3.63, 3.8) is 0 Å². The second kappa shape index (κ2) is 7.63. The van der Waals surface area contributed by atoms with Crippen molar-refractivity contribution < 1.29 is 0 Å². The van der Waals surface area contributed by atoms with Gasteiger partial charge in [-0.1, -0.05) is 78.9 Å². The second-order valence-electron chi connectivity index (χ2n) is 9.08. The number of hydrogen-bond donors (Lipinski definition) is 0. The third kappa shape index (κ3) is 2.96. The maximum Gasteiger partial charge on any atom is 0.164 e. The van der Waals surface area contributed by atoms with Gasteiger partial charge in [0, 0.05) is 32.8 Å². The Kier molecular flexibility index (Phi) is 4.13. The topological polar surface area (TPSA) is 68.9 Å². The van der Waals surface area contributed by atoms with Gasteiger partial charge in [-0.3, -0.25) is 0 Å². The predicted octanol–water partition coefficient (Wildman–Crippen LogP) is 6.81. The number of nitrogens with zero attached hydrogens (tertiary/aromatic N) is 6. The molecule has 4 aromatic heterocycles. The average Bonchev–Trinajstić information content (AvgIpc) is 3.50. The molecule has 4 aromatic carbocycles. The Morgan fingerprint density at radius 3 is 1.78 bits per heavy atom. The fourth-order valence-corrected chi connectivity index (χ4v) is 5.25. The van der Waals surface area contributed by atoms with E-state index in [1.54, 1.807) is 0 Å². The minimum atomic E-state index is 0.622. The lowest BCUT2D eigenvalue weighted by Gasteiger charge is -2.08. The molecule has 0 aliphatic rings. The summed E-state index contributed by atoms with van der Waals surface area (Å²) >= 11 is 0. The van der Waals surface area contributed by atoms with E-state index in [0.717, 1.165) is 49.5 Å². The summed E-state index contributed by atoms with van der Waals surface area (Å²) in [4.78, 5) is 14.6. The molecule has 37 heavy (non-hydrogen) atoms. The Hall–Kier alpha value is -5.23. The number of aromatic nitrogens is 6. The third-order valence-corrected chi connectivity index (χ3v) is 6.93. The normalized spacial score (nSPS) is 11.8. The van der Waals surface area contributed by atoms with Gasteiger partial charge in [-0.15, -0.1) is 5.10 Å². The van der Waals surface area contributed by atoms with Gasteiger partial charge < -0.3 is 4.40 Å². The van der Waals surface area contributed by atoms with Crippen molar-refractivity contribution in [2.24, 2.45) is 0 Å². The first-order chi connectivity index (χ1) is 18.3. The summed E-state index contributed by atoms with van der Waals surface area (Å²) in [6.45, 7) is 0. The molecular weight excluding hydrogens is 456 g/mol. The first kappa shape index (κ1) is 20.0. The molecule has 0 aliphatic heterocycles. The van der Waals surface area contributed by atoms with E-state index in [1.807, 2.05) is 66.9 Å². The zero-order valence-corrected chi connectivity index (χ0v) is 19.6. The Labute approximate surface area is 211 Å². The van der Waals surface area contributed by atoms with E-state index in [1.165, 1.54) is 5.39 Å². The van der Waals surface area contributed by atoms with Crippen LogP contribution in [-0.2, 0) is 0 Å². The molecule has 6 heteroatoms. The van der Waals surface area contributed by atoms with Crippen molar-refractivity contribution in [2.75, 3.05) is 0 Å². The molecule has 172 valence electrons. The molecule has 0 spiro atoms. The number of para-hydroxylation sites is 1. The van der Waals surface area contributed by atoms with E-state index in [2.05, 4.69) is 57.1 Å². The van der Waals surface area contributed by atoms with Gasteiger partial charge in [0.05, 0.1) is 22.7 Å². The van der Waals surface area contributed by atoms with Crippen molar-refractivity contribution in [2.45, 2.75) is 0 Å². The van der Waals surface area contributed by atoms with Gasteiger partial charge in [-0.25, -0.2) is 15.0 Å². The van der Waals surface area contributed by atoms with Crippen LogP contribution in [-0.4, -0.2) is 29.5 Å². The van der Waals surface area contributed by atoms with Crippen LogP contribution in [0, 0.1) is 0 Å². The zero-order valence-electron chi connectivity index (χ0n) is 19.6. The highest BCUT2D eigenvalue weighted by Gasteiger charge is 2.20. The molecule has 0 saturated heterocycles. The maximum atomic E-state index is 4.90. The Morgan fingerprint density at radius 2 is 1.08 bits per heavy atom. The highest BCUT2D eigenvalue weighted by atomic mass is 15.1. The van der Waals surface area contributed by atoms with Crippen LogP contribution >= 0.6 is 0 Å². The quantitative estimate of drug-likeness (QED) is 0.281. The van der Waals surface area contributed by atoms with Gasteiger partial charge in [0.1, 0.15) is 5.52 Å². The van der Waals surface area contributed by atoms with Crippen molar-refractivity contribution in [1.82, 2.24) is 29.5 Å². The first-order valence-electron chi connectivity index (χ1n) is 12.1. The Balaban J connectivity index is 1.40. The molecule has 0 saturated carbocycles. The van der Waals surface area contributed by atoms with E-state index in [0.29, 0.717) is 17.5 Å². The van der Waals surface area contributed by atoms with Gasteiger partial charge in [0.15, 0.2) is 17.5 Å². The largest absolute Gasteiger partial charge is 0.306 e. The van der Waals surface area contributed by atoms with Crippen LogP contribution in [0.4, 0.5) is 0 Å². The van der Waals surface area contributed by atoms with Crippen LogP contribution in [0.15, 0.2) is 109 Å². The smallest absolute Gasteiger partial charge is 0.164 e. The van der Waals surface area contributed by atoms with E-state index in [4.69, 9.17) is 15.0 Å². The molecule has 0 unspecified atom stereocenters. The third-order valence-electron chi connectivity index (χ3n) is 6.93. The molecular formula is C31H18N6. The SMILES string of the molecule is c1ccc(-c2nc(-c3ccccc3)nc(-c3ccc4c(c3)c3nncc5c6ccccc6n4c53)n2)cc1. The average molecular weight is 475 g/mol. The minimum absolute atomic E-state index is 0.622. The lowest BCUT2D eigenvalue weighted by molar-refractivity contribution is 1.07. The van der Waals surface area contributed by atoms with Gasteiger partial charge in [0.25, 0.3) is 0 Å². The van der Waals surface area contributed by atoms with Crippen LogP contribution in [0.5, 0.6) is 0 Å². The lowest BCUT2D eigenvalue weighted by atomic mass is 10.1. The van der Waals surface area contributed by atoms with Crippen molar-refractivity contribution in [3.05, 3.63) is 109 Å². The molecule has 8 rings (SSSR count). The summed E-state index contributed by atoms with van der Waals surface area (Å²) < 4.78 is 2.28. The highest BCUT2D eigenvalue weighted by Crippen LogP contribution is 2.38. The predicted molar refractivity (Wildman–Crippen MR) is 146 cm³/mol. The summed E-state index contributed by atoms with van der Waals surface area (Å²) in [6.07, 6.45) is 1.86. The standard InChI is InChI=1S/C31H18N6/c1-3-9-19(10-4-1)29-33-30(20-11-5-2-6-12-20)35-31(34-29)21-15-16-26-23(17-21)27-28-24(18-32-36-27)22-13-7-8-14-25(22)37(26)28/h1-18H. The summed E-state index contributed by atoms with van der Waals surface area (Å²) in [7, 11) is 0. The molecule has 0 atom stereocenters. The van der Waals surface area contributed by atoms with Gasteiger partial charge in [-0.05, 0) is 24.3 Å². The number of benzene rings is 4. The summed E-state index contributed by atoms with van der Waals surface area (Å²) in [5.41, 5.74) is 7.01. The van der Waals surface area contributed by atoms with Crippen LogP contribution < -0.4 is 0 Å². The summed E-state index contributed by atoms with van der Waals surface area (Å²) in [5, 5.41) is 12.2. The van der Waals surface area contributed by atoms with Gasteiger partial charge in [0.2, 0.25) is 0 Å².